The Labute approximate surface area is 147 Å². The van der Waals surface area contributed by atoms with E-state index in [1.54, 1.807) is 17.1 Å². The molecule has 3 aromatic rings. The maximum Gasteiger partial charge on any atom is 0.224 e. The molecule has 1 aliphatic rings. The highest BCUT2D eigenvalue weighted by atomic mass is 79.9. The Hall–Kier alpha value is -2.61. The van der Waals surface area contributed by atoms with Crippen LogP contribution in [0, 0.1) is 0 Å². The second-order valence-corrected chi connectivity index (χ2v) is 6.34. The molecule has 0 fully saturated rings. The smallest absolute Gasteiger partial charge is 0.224 e. The van der Waals surface area contributed by atoms with E-state index in [1.807, 2.05) is 12.1 Å². The number of halogens is 1. The van der Waals surface area contributed by atoms with Crippen molar-refractivity contribution in [3.63, 3.8) is 0 Å². The van der Waals surface area contributed by atoms with Gasteiger partial charge in [0.1, 0.15) is 11.6 Å². The fraction of sp³-hybridized carbons (Fsp3) is 0.188. The van der Waals surface area contributed by atoms with Crippen LogP contribution in [-0.2, 0) is 13.0 Å². The highest BCUT2D eigenvalue weighted by Crippen LogP contribution is 2.33. The predicted octanol–water partition coefficient (Wildman–Crippen LogP) is 2.55. The van der Waals surface area contributed by atoms with Crippen LogP contribution in [0.5, 0.6) is 5.75 Å². The number of hydrogen-bond donors (Lipinski definition) is 2. The number of aromatic nitrogens is 4. The number of ether oxygens (including phenoxy) is 1. The van der Waals surface area contributed by atoms with E-state index in [0.717, 1.165) is 28.8 Å². The Morgan fingerprint density at radius 3 is 3.04 bits per heavy atom. The normalized spacial score (nSPS) is 12.7. The van der Waals surface area contributed by atoms with Crippen molar-refractivity contribution in [1.82, 2.24) is 19.7 Å². The lowest BCUT2D eigenvalue weighted by Gasteiger charge is -2.12. The van der Waals surface area contributed by atoms with Gasteiger partial charge in [-0.05, 0) is 23.8 Å². The van der Waals surface area contributed by atoms with Crippen molar-refractivity contribution < 1.29 is 4.74 Å². The summed E-state index contributed by atoms with van der Waals surface area (Å²) >= 11 is 3.55. The molecule has 1 aliphatic heterocycles. The second kappa shape index (κ2) is 6.12. The van der Waals surface area contributed by atoms with E-state index < -0.39 is 0 Å². The lowest BCUT2D eigenvalue weighted by molar-refractivity contribution is 0.354. The molecule has 0 aliphatic carbocycles. The second-order valence-electron chi connectivity index (χ2n) is 5.43. The first-order valence-electron chi connectivity index (χ1n) is 7.51. The van der Waals surface area contributed by atoms with Gasteiger partial charge >= 0.3 is 0 Å². The van der Waals surface area contributed by atoms with Gasteiger partial charge < -0.3 is 15.8 Å². The summed E-state index contributed by atoms with van der Waals surface area (Å²) in [5, 5.41) is 7.45. The number of nitrogens with two attached hydrogens (primary N) is 1. The molecule has 0 atom stereocenters. The van der Waals surface area contributed by atoms with Crippen molar-refractivity contribution in [3.05, 3.63) is 52.3 Å². The van der Waals surface area contributed by atoms with Crippen LogP contribution < -0.4 is 15.8 Å². The number of anilines is 2. The first-order valence-corrected chi connectivity index (χ1v) is 8.31. The average Bonchev–Trinajstić information content (AvgIpc) is 3.23. The molecule has 2 aromatic heterocycles. The van der Waals surface area contributed by atoms with Gasteiger partial charge in [0.2, 0.25) is 5.95 Å². The molecule has 0 saturated heterocycles. The Balaban J connectivity index is 1.59. The van der Waals surface area contributed by atoms with E-state index in [1.165, 1.54) is 5.56 Å². The summed E-state index contributed by atoms with van der Waals surface area (Å²) < 4.78 is 8.43. The van der Waals surface area contributed by atoms with E-state index in [2.05, 4.69) is 48.4 Å². The molecule has 1 aromatic carbocycles. The van der Waals surface area contributed by atoms with Gasteiger partial charge in [-0.1, -0.05) is 15.9 Å². The van der Waals surface area contributed by atoms with E-state index in [0.29, 0.717) is 18.2 Å². The van der Waals surface area contributed by atoms with Gasteiger partial charge in [0, 0.05) is 41.5 Å². The molecule has 8 heteroatoms. The molecule has 3 heterocycles. The molecule has 4 rings (SSSR count). The molecule has 7 nitrogen and oxygen atoms in total. The number of nitrogens with zero attached hydrogens (tertiary/aromatic N) is 4. The van der Waals surface area contributed by atoms with Crippen LogP contribution in [0.15, 0.2) is 41.1 Å². The minimum absolute atomic E-state index is 0.196. The standard InChI is InChI=1S/C16H15BrN6O/c17-12-6-10-2-5-24-15(10)11(7-12)9-19-13-8-14(22-16(18)21-13)23-4-1-3-20-23/h1,3-4,6-8H,2,5,9H2,(H3,18,19,21,22). The number of benzene rings is 1. The molecule has 0 radical (unpaired) electrons. The number of nitrogen functional groups attached to an aromatic ring is 1. The van der Waals surface area contributed by atoms with Gasteiger partial charge in [0.05, 0.1) is 6.61 Å². The van der Waals surface area contributed by atoms with Crippen LogP contribution in [0.4, 0.5) is 11.8 Å². The average molecular weight is 387 g/mol. The predicted molar refractivity (Wildman–Crippen MR) is 94.2 cm³/mol. The summed E-state index contributed by atoms with van der Waals surface area (Å²) in [4.78, 5) is 8.43. The lowest BCUT2D eigenvalue weighted by Crippen LogP contribution is -2.08. The van der Waals surface area contributed by atoms with Gasteiger partial charge in [-0.15, -0.1) is 0 Å². The van der Waals surface area contributed by atoms with E-state index in [-0.39, 0.29) is 5.95 Å². The summed E-state index contributed by atoms with van der Waals surface area (Å²) in [5.74, 6) is 2.41. The largest absolute Gasteiger partial charge is 0.493 e. The zero-order valence-electron chi connectivity index (χ0n) is 12.7. The summed E-state index contributed by atoms with van der Waals surface area (Å²) in [6, 6.07) is 7.79. The Kier molecular flexibility index (Phi) is 3.81. The van der Waals surface area contributed by atoms with Gasteiger partial charge in [0.15, 0.2) is 5.82 Å². The fourth-order valence-electron chi connectivity index (χ4n) is 2.73. The van der Waals surface area contributed by atoms with E-state index in [4.69, 9.17) is 10.5 Å². The Morgan fingerprint density at radius 2 is 2.21 bits per heavy atom. The minimum Gasteiger partial charge on any atom is -0.493 e. The van der Waals surface area contributed by atoms with Crippen LogP contribution in [0.1, 0.15) is 11.1 Å². The van der Waals surface area contributed by atoms with Crippen molar-refractivity contribution in [2.24, 2.45) is 0 Å². The molecule has 0 amide bonds. The van der Waals surface area contributed by atoms with Gasteiger partial charge in [-0.2, -0.15) is 15.1 Å². The topological polar surface area (TPSA) is 90.9 Å². The first kappa shape index (κ1) is 14.9. The molecule has 0 spiro atoms. The molecule has 122 valence electrons. The lowest BCUT2D eigenvalue weighted by atomic mass is 10.1. The van der Waals surface area contributed by atoms with Crippen LogP contribution in [0.2, 0.25) is 0 Å². The number of hydrogen-bond acceptors (Lipinski definition) is 6. The van der Waals surface area contributed by atoms with Crippen molar-refractivity contribution in [1.29, 1.82) is 0 Å². The summed E-state index contributed by atoms with van der Waals surface area (Å²) in [6.07, 6.45) is 4.43. The monoisotopic (exact) mass is 386 g/mol. The maximum atomic E-state index is 5.81. The molecular formula is C16H15BrN6O. The third-order valence-electron chi connectivity index (χ3n) is 3.75. The summed E-state index contributed by atoms with van der Waals surface area (Å²) in [5.41, 5.74) is 8.11. The van der Waals surface area contributed by atoms with Gasteiger partial charge in [-0.25, -0.2) is 4.68 Å². The SMILES string of the molecule is Nc1nc(NCc2cc(Br)cc3c2OCC3)cc(-n2cccn2)n1. The van der Waals surface area contributed by atoms with Crippen LogP contribution in [0.3, 0.4) is 0 Å². The zero-order valence-corrected chi connectivity index (χ0v) is 14.3. The van der Waals surface area contributed by atoms with Crippen LogP contribution in [-0.4, -0.2) is 26.4 Å². The Bertz CT molecular complexity index is 881. The number of rotatable bonds is 4. The third kappa shape index (κ3) is 2.92. The molecule has 0 unspecified atom stereocenters. The minimum atomic E-state index is 0.196. The fourth-order valence-corrected chi connectivity index (χ4v) is 3.28. The number of fused-ring (bicyclic) bond motifs is 1. The van der Waals surface area contributed by atoms with Crippen molar-refractivity contribution in [3.8, 4) is 11.6 Å². The van der Waals surface area contributed by atoms with Crippen molar-refractivity contribution >= 4 is 27.7 Å². The zero-order chi connectivity index (χ0) is 16.5. The third-order valence-corrected chi connectivity index (χ3v) is 4.21. The number of nitrogens with one attached hydrogen (secondary N) is 1. The molecule has 0 bridgehead atoms. The summed E-state index contributed by atoms with van der Waals surface area (Å²) in [6.45, 7) is 1.31. The summed E-state index contributed by atoms with van der Waals surface area (Å²) in [7, 11) is 0. The van der Waals surface area contributed by atoms with Crippen LogP contribution >= 0.6 is 15.9 Å². The van der Waals surface area contributed by atoms with Crippen molar-refractivity contribution in [2.45, 2.75) is 13.0 Å². The quantitative estimate of drug-likeness (QED) is 0.715. The molecule has 0 saturated carbocycles. The van der Waals surface area contributed by atoms with E-state index in [9.17, 15) is 0 Å². The molecule has 3 N–H and O–H groups in total. The first-order chi connectivity index (χ1) is 11.7. The van der Waals surface area contributed by atoms with Gasteiger partial charge in [0.25, 0.3) is 0 Å². The van der Waals surface area contributed by atoms with E-state index >= 15 is 0 Å². The van der Waals surface area contributed by atoms with Crippen molar-refractivity contribution in [2.75, 3.05) is 17.7 Å². The Morgan fingerprint density at radius 1 is 1.29 bits per heavy atom. The van der Waals surface area contributed by atoms with Crippen LogP contribution in [0.25, 0.3) is 5.82 Å². The molecular weight excluding hydrogens is 372 g/mol. The maximum absolute atomic E-state index is 5.81. The highest BCUT2D eigenvalue weighted by molar-refractivity contribution is 9.10. The molecule has 24 heavy (non-hydrogen) atoms. The highest BCUT2D eigenvalue weighted by Gasteiger charge is 2.17. The van der Waals surface area contributed by atoms with Gasteiger partial charge in [-0.3, -0.25) is 0 Å².